The fourth-order valence-electron chi connectivity index (χ4n) is 1.92. The number of rotatable bonds is 2. The molecule has 1 heterocycles. The van der Waals surface area contributed by atoms with Crippen LogP contribution < -0.4 is 0 Å². The van der Waals surface area contributed by atoms with Gasteiger partial charge in [0.1, 0.15) is 0 Å². The topological polar surface area (TPSA) is 46.5 Å². The summed E-state index contributed by atoms with van der Waals surface area (Å²) < 4.78 is 23.1. The number of aliphatic imine (C=N–C) groups is 1. The van der Waals surface area contributed by atoms with Crippen LogP contribution in [0.1, 0.15) is 36.5 Å². The van der Waals surface area contributed by atoms with Crippen molar-refractivity contribution in [2.45, 2.75) is 31.2 Å². The predicted octanol–water partition coefficient (Wildman–Crippen LogP) is 2.15. The number of sulfone groups is 1. The molecule has 1 aliphatic heterocycles. The molecule has 0 bridgehead atoms. The number of hydrogen-bond donors (Lipinski definition) is 0. The van der Waals surface area contributed by atoms with Crippen LogP contribution in [-0.4, -0.2) is 20.9 Å². The van der Waals surface area contributed by atoms with E-state index in [1.807, 2.05) is 6.21 Å². The van der Waals surface area contributed by atoms with Crippen molar-refractivity contribution in [2.24, 2.45) is 4.99 Å². The van der Waals surface area contributed by atoms with Crippen molar-refractivity contribution < 1.29 is 8.42 Å². The van der Waals surface area contributed by atoms with E-state index >= 15 is 0 Å². The highest BCUT2D eigenvalue weighted by Crippen LogP contribution is 2.28. The van der Waals surface area contributed by atoms with Crippen molar-refractivity contribution in [3.05, 3.63) is 28.8 Å². The van der Waals surface area contributed by atoms with Gasteiger partial charge in [0.15, 0.2) is 9.84 Å². The lowest BCUT2D eigenvalue weighted by atomic mass is 9.95. The Hall–Kier alpha value is -1.16. The Kier molecular flexibility index (Phi) is 2.62. The third-order valence-corrected chi connectivity index (χ3v) is 3.90. The fraction of sp³-hybridized carbons (Fsp3) is 0.417. The minimum Gasteiger partial charge on any atom is -0.288 e. The van der Waals surface area contributed by atoms with Crippen LogP contribution in [0, 0.1) is 0 Å². The van der Waals surface area contributed by atoms with Crippen LogP contribution in [0.4, 0.5) is 0 Å². The average molecular weight is 237 g/mol. The molecule has 86 valence electrons. The smallest absolute Gasteiger partial charge is 0.175 e. The average Bonchev–Trinajstić information content (AvgIpc) is 2.61. The number of benzene rings is 1. The van der Waals surface area contributed by atoms with Gasteiger partial charge in [-0.2, -0.15) is 0 Å². The Morgan fingerprint density at radius 3 is 2.56 bits per heavy atom. The molecular weight excluding hydrogens is 222 g/mol. The lowest BCUT2D eigenvalue weighted by Gasteiger charge is -2.12. The maximum absolute atomic E-state index is 11.6. The third kappa shape index (κ3) is 1.89. The van der Waals surface area contributed by atoms with E-state index in [1.54, 1.807) is 12.1 Å². The molecule has 0 aliphatic carbocycles. The first-order chi connectivity index (χ1) is 7.39. The second-order valence-electron chi connectivity index (χ2n) is 4.48. The van der Waals surface area contributed by atoms with E-state index in [0.29, 0.717) is 17.4 Å². The van der Waals surface area contributed by atoms with Crippen LogP contribution in [0.25, 0.3) is 0 Å². The van der Waals surface area contributed by atoms with Gasteiger partial charge < -0.3 is 0 Å². The summed E-state index contributed by atoms with van der Waals surface area (Å²) in [6, 6.07) is 3.51. The number of nitrogens with zero attached hydrogens (tertiary/aromatic N) is 1. The van der Waals surface area contributed by atoms with E-state index in [4.69, 9.17) is 0 Å². The summed E-state index contributed by atoms with van der Waals surface area (Å²) in [5, 5.41) is 0. The fourth-order valence-corrected chi connectivity index (χ4v) is 2.62. The molecule has 0 unspecified atom stereocenters. The van der Waals surface area contributed by atoms with Crippen molar-refractivity contribution in [1.82, 2.24) is 0 Å². The van der Waals surface area contributed by atoms with Crippen molar-refractivity contribution >= 4 is 16.1 Å². The van der Waals surface area contributed by atoms with Gasteiger partial charge in [0.2, 0.25) is 0 Å². The van der Waals surface area contributed by atoms with E-state index in [1.165, 1.54) is 6.26 Å². The lowest BCUT2D eigenvalue weighted by molar-refractivity contribution is 0.601. The summed E-state index contributed by atoms with van der Waals surface area (Å²) in [5.41, 5.74) is 3.19. The van der Waals surface area contributed by atoms with Crippen molar-refractivity contribution in [3.63, 3.8) is 0 Å². The van der Waals surface area contributed by atoms with E-state index in [-0.39, 0.29) is 0 Å². The third-order valence-electron chi connectivity index (χ3n) is 2.80. The molecule has 0 amide bonds. The summed E-state index contributed by atoms with van der Waals surface area (Å²) in [6.07, 6.45) is 3.09. The Morgan fingerprint density at radius 1 is 1.31 bits per heavy atom. The van der Waals surface area contributed by atoms with Crippen molar-refractivity contribution in [2.75, 3.05) is 6.26 Å². The first-order valence-electron chi connectivity index (χ1n) is 5.26. The molecule has 0 saturated heterocycles. The molecular formula is C12H15NO2S. The normalized spacial score (nSPS) is 14.5. The standard InChI is InChI=1S/C12H15NO2S/c1-8(2)11-5-10(16(3,14)15)4-9-6-13-7-12(9)11/h4-5,7-8H,6H2,1-3H3. The minimum absolute atomic E-state index is 0.306. The second-order valence-corrected chi connectivity index (χ2v) is 6.50. The van der Waals surface area contributed by atoms with Crippen LogP contribution >= 0.6 is 0 Å². The Labute approximate surface area is 96.1 Å². The summed E-state index contributed by atoms with van der Waals surface area (Å²) in [6.45, 7) is 4.72. The first kappa shape index (κ1) is 11.3. The molecule has 1 aromatic carbocycles. The monoisotopic (exact) mass is 237 g/mol. The largest absolute Gasteiger partial charge is 0.288 e. The maximum Gasteiger partial charge on any atom is 0.175 e. The van der Waals surface area contributed by atoms with Gasteiger partial charge in [-0.05, 0) is 29.2 Å². The second kappa shape index (κ2) is 3.70. The van der Waals surface area contributed by atoms with Gasteiger partial charge >= 0.3 is 0 Å². The molecule has 3 nitrogen and oxygen atoms in total. The van der Waals surface area contributed by atoms with Gasteiger partial charge in [-0.25, -0.2) is 8.42 Å². The Bertz CT molecular complexity index is 557. The zero-order valence-corrected chi connectivity index (χ0v) is 10.5. The van der Waals surface area contributed by atoms with Crippen LogP contribution in [0.15, 0.2) is 22.0 Å². The number of fused-ring (bicyclic) bond motifs is 1. The van der Waals surface area contributed by atoms with Crippen molar-refractivity contribution in [3.8, 4) is 0 Å². The molecule has 0 fully saturated rings. The molecule has 0 N–H and O–H groups in total. The molecule has 0 spiro atoms. The molecule has 0 aromatic heterocycles. The van der Waals surface area contributed by atoms with Crippen LogP contribution in [0.3, 0.4) is 0 Å². The van der Waals surface area contributed by atoms with Crippen LogP contribution in [0.2, 0.25) is 0 Å². The molecule has 0 saturated carbocycles. The zero-order chi connectivity index (χ0) is 11.9. The SMILES string of the molecule is CC(C)c1cc(S(C)(=O)=O)cc2c1C=NC2. The number of hydrogen-bond acceptors (Lipinski definition) is 3. The summed E-state index contributed by atoms with van der Waals surface area (Å²) in [5.74, 6) is 0.306. The zero-order valence-electron chi connectivity index (χ0n) is 9.69. The highest BCUT2D eigenvalue weighted by molar-refractivity contribution is 7.90. The summed E-state index contributed by atoms with van der Waals surface area (Å²) >= 11 is 0. The summed E-state index contributed by atoms with van der Waals surface area (Å²) in [7, 11) is -3.14. The van der Waals surface area contributed by atoms with Gasteiger partial charge in [0.05, 0.1) is 11.4 Å². The van der Waals surface area contributed by atoms with Gasteiger partial charge in [-0.3, -0.25) is 4.99 Å². The van der Waals surface area contributed by atoms with Gasteiger partial charge in [0.25, 0.3) is 0 Å². The quantitative estimate of drug-likeness (QED) is 0.791. The molecule has 4 heteroatoms. The Balaban J connectivity index is 2.69. The van der Waals surface area contributed by atoms with Gasteiger partial charge in [-0.1, -0.05) is 13.8 Å². The van der Waals surface area contributed by atoms with Crippen LogP contribution in [0.5, 0.6) is 0 Å². The van der Waals surface area contributed by atoms with E-state index in [0.717, 1.165) is 16.7 Å². The predicted molar refractivity (Wildman–Crippen MR) is 64.9 cm³/mol. The lowest BCUT2D eigenvalue weighted by Crippen LogP contribution is -2.04. The summed E-state index contributed by atoms with van der Waals surface area (Å²) in [4.78, 5) is 4.60. The van der Waals surface area contributed by atoms with E-state index < -0.39 is 9.84 Å². The first-order valence-corrected chi connectivity index (χ1v) is 7.15. The molecule has 16 heavy (non-hydrogen) atoms. The highest BCUT2D eigenvalue weighted by Gasteiger charge is 2.18. The van der Waals surface area contributed by atoms with Crippen LogP contribution in [-0.2, 0) is 16.4 Å². The maximum atomic E-state index is 11.6. The molecule has 1 aromatic rings. The molecule has 0 radical (unpaired) electrons. The Morgan fingerprint density at radius 2 is 2.00 bits per heavy atom. The molecule has 2 rings (SSSR count). The molecule has 0 atom stereocenters. The van der Waals surface area contributed by atoms with Gasteiger partial charge in [-0.15, -0.1) is 0 Å². The minimum atomic E-state index is -3.14. The van der Waals surface area contributed by atoms with E-state index in [9.17, 15) is 8.42 Å². The van der Waals surface area contributed by atoms with Crippen molar-refractivity contribution in [1.29, 1.82) is 0 Å². The van der Waals surface area contributed by atoms with E-state index in [2.05, 4.69) is 18.8 Å². The van der Waals surface area contributed by atoms with Gasteiger partial charge in [0, 0.05) is 18.0 Å². The molecule has 1 aliphatic rings. The highest BCUT2D eigenvalue weighted by atomic mass is 32.2.